The molecule has 2 fully saturated rings. The first kappa shape index (κ1) is 21.9. The molecule has 2 aromatic carbocycles. The minimum absolute atomic E-state index is 0. The van der Waals surface area contributed by atoms with Gasteiger partial charge in [0.15, 0.2) is 0 Å². The Morgan fingerprint density at radius 2 is 2.00 bits per heavy atom. The summed E-state index contributed by atoms with van der Waals surface area (Å²) >= 11 is 0. The Kier molecular flexibility index (Phi) is 7.76. The predicted octanol–water partition coefficient (Wildman–Crippen LogP) is 3.92. The van der Waals surface area contributed by atoms with Crippen molar-refractivity contribution < 1.29 is 14.3 Å². The second-order valence-corrected chi connectivity index (χ2v) is 7.86. The number of nitrogens with one attached hydrogen (secondary N) is 1. The maximum absolute atomic E-state index is 13.3. The quantitative estimate of drug-likeness (QED) is 0.772. The van der Waals surface area contributed by atoms with Crippen molar-refractivity contribution in [2.24, 2.45) is 0 Å². The third kappa shape index (κ3) is 5.03. The highest BCUT2D eigenvalue weighted by Crippen LogP contribution is 2.32. The lowest BCUT2D eigenvalue weighted by molar-refractivity contribution is -0.135. The summed E-state index contributed by atoms with van der Waals surface area (Å²) in [6.07, 6.45) is 5.07. The predicted molar refractivity (Wildman–Crippen MR) is 118 cm³/mol. The minimum atomic E-state index is 0. The zero-order chi connectivity index (χ0) is 19.3. The second kappa shape index (κ2) is 10.3. The summed E-state index contributed by atoms with van der Waals surface area (Å²) in [7, 11) is 1.71. The molecule has 1 aliphatic heterocycles. The van der Waals surface area contributed by atoms with Crippen molar-refractivity contribution in [2.75, 3.05) is 26.9 Å². The lowest BCUT2D eigenvalue weighted by atomic mass is 10.0. The van der Waals surface area contributed by atoms with Crippen molar-refractivity contribution in [3.8, 4) is 5.75 Å². The van der Waals surface area contributed by atoms with Gasteiger partial charge in [0.1, 0.15) is 5.75 Å². The van der Waals surface area contributed by atoms with Gasteiger partial charge >= 0.3 is 0 Å². The lowest BCUT2D eigenvalue weighted by Gasteiger charge is -2.32. The number of carbonyl (C=O) groups excluding carboxylic acids is 1. The molecule has 29 heavy (non-hydrogen) atoms. The first-order valence-corrected chi connectivity index (χ1v) is 10.4. The van der Waals surface area contributed by atoms with Gasteiger partial charge in [-0.15, -0.1) is 12.4 Å². The van der Waals surface area contributed by atoms with Crippen LogP contribution in [0.5, 0.6) is 5.75 Å². The molecule has 4 rings (SSSR count). The minimum Gasteiger partial charge on any atom is -0.496 e. The van der Waals surface area contributed by atoms with Crippen molar-refractivity contribution in [3.63, 3.8) is 0 Å². The Balaban J connectivity index is 0.00000240. The molecule has 1 N–H and O–H groups in total. The SMILES string of the molecule is COc1ccc2ccccc2c1CN(C(=O)CC1COCCN1)C1CCCC1.Cl. The van der Waals surface area contributed by atoms with Crippen molar-refractivity contribution >= 4 is 29.1 Å². The number of rotatable bonds is 6. The first-order valence-electron chi connectivity index (χ1n) is 10.4. The average Bonchev–Trinajstić information content (AvgIpc) is 3.27. The molecule has 2 aliphatic rings. The molecule has 0 spiro atoms. The highest BCUT2D eigenvalue weighted by Gasteiger charge is 2.30. The van der Waals surface area contributed by atoms with Crippen LogP contribution in [0.4, 0.5) is 0 Å². The van der Waals surface area contributed by atoms with E-state index in [1.165, 1.54) is 18.2 Å². The van der Waals surface area contributed by atoms with Crippen LogP contribution >= 0.6 is 12.4 Å². The van der Waals surface area contributed by atoms with Crippen LogP contribution in [0.1, 0.15) is 37.7 Å². The topological polar surface area (TPSA) is 50.8 Å². The number of benzene rings is 2. The van der Waals surface area contributed by atoms with Gasteiger partial charge in [-0.25, -0.2) is 0 Å². The summed E-state index contributed by atoms with van der Waals surface area (Å²) in [5.41, 5.74) is 1.11. The number of hydrogen-bond donors (Lipinski definition) is 1. The Labute approximate surface area is 179 Å². The maximum Gasteiger partial charge on any atom is 0.224 e. The average molecular weight is 419 g/mol. The number of fused-ring (bicyclic) bond motifs is 1. The zero-order valence-electron chi connectivity index (χ0n) is 17.1. The summed E-state index contributed by atoms with van der Waals surface area (Å²) in [5.74, 6) is 1.07. The van der Waals surface area contributed by atoms with E-state index < -0.39 is 0 Å². The molecule has 1 saturated heterocycles. The van der Waals surface area contributed by atoms with E-state index in [9.17, 15) is 4.79 Å². The summed E-state index contributed by atoms with van der Waals surface area (Å²) < 4.78 is 11.2. The summed E-state index contributed by atoms with van der Waals surface area (Å²) in [6.45, 7) is 2.76. The van der Waals surface area contributed by atoms with Gasteiger partial charge in [-0.1, -0.05) is 43.2 Å². The molecule has 1 saturated carbocycles. The van der Waals surface area contributed by atoms with Gasteiger partial charge in [-0.3, -0.25) is 4.79 Å². The normalized spacial score (nSPS) is 19.7. The van der Waals surface area contributed by atoms with Gasteiger partial charge in [0, 0.05) is 30.6 Å². The molecular weight excluding hydrogens is 388 g/mol. The largest absolute Gasteiger partial charge is 0.496 e. The molecular formula is C23H31ClN2O3. The van der Waals surface area contributed by atoms with E-state index in [0.29, 0.717) is 25.6 Å². The van der Waals surface area contributed by atoms with Gasteiger partial charge in [0.2, 0.25) is 5.91 Å². The van der Waals surface area contributed by atoms with E-state index in [2.05, 4.69) is 34.5 Å². The smallest absolute Gasteiger partial charge is 0.224 e. The molecule has 0 radical (unpaired) electrons. The van der Waals surface area contributed by atoms with E-state index in [4.69, 9.17) is 9.47 Å². The van der Waals surface area contributed by atoms with Crippen LogP contribution in [0.25, 0.3) is 10.8 Å². The monoisotopic (exact) mass is 418 g/mol. The van der Waals surface area contributed by atoms with Gasteiger partial charge in [0.05, 0.1) is 26.9 Å². The summed E-state index contributed by atoms with van der Waals surface area (Å²) in [4.78, 5) is 15.4. The number of halogens is 1. The maximum atomic E-state index is 13.3. The molecule has 1 heterocycles. The summed E-state index contributed by atoms with van der Waals surface area (Å²) in [6, 6.07) is 12.9. The highest BCUT2D eigenvalue weighted by molar-refractivity contribution is 5.88. The van der Waals surface area contributed by atoms with Crippen LogP contribution in [-0.4, -0.2) is 49.8 Å². The fourth-order valence-electron chi connectivity index (χ4n) is 4.56. The highest BCUT2D eigenvalue weighted by atomic mass is 35.5. The zero-order valence-corrected chi connectivity index (χ0v) is 17.9. The summed E-state index contributed by atoms with van der Waals surface area (Å²) in [5, 5.41) is 5.76. The Hall–Kier alpha value is -1.82. The molecule has 1 amide bonds. The number of morpholine rings is 1. The molecule has 0 aromatic heterocycles. The number of nitrogens with zero attached hydrogens (tertiary/aromatic N) is 1. The Morgan fingerprint density at radius 3 is 2.72 bits per heavy atom. The van der Waals surface area contributed by atoms with Crippen molar-refractivity contribution in [1.29, 1.82) is 0 Å². The van der Waals surface area contributed by atoms with Crippen molar-refractivity contribution in [2.45, 2.75) is 50.7 Å². The third-order valence-electron chi connectivity index (χ3n) is 6.05. The van der Waals surface area contributed by atoms with E-state index in [0.717, 1.165) is 42.7 Å². The van der Waals surface area contributed by atoms with E-state index in [-0.39, 0.29) is 24.4 Å². The Bertz CT molecular complexity index is 817. The van der Waals surface area contributed by atoms with Gasteiger partial charge in [-0.2, -0.15) is 0 Å². The molecule has 5 nitrogen and oxygen atoms in total. The second-order valence-electron chi connectivity index (χ2n) is 7.86. The first-order chi connectivity index (χ1) is 13.8. The standard InChI is InChI=1S/C23H30N2O3.ClH/c1-27-22-11-10-17-6-2-5-9-20(17)21(22)15-25(19-7-3-4-8-19)23(26)14-18-16-28-13-12-24-18;/h2,5-6,9-11,18-19,24H,3-4,7-8,12-16H2,1H3;1H. The van der Waals surface area contributed by atoms with E-state index in [1.54, 1.807) is 7.11 Å². The van der Waals surface area contributed by atoms with Gasteiger partial charge < -0.3 is 19.7 Å². The molecule has 2 aromatic rings. The third-order valence-corrected chi connectivity index (χ3v) is 6.05. The van der Waals surface area contributed by atoms with Crippen LogP contribution in [0.3, 0.4) is 0 Å². The van der Waals surface area contributed by atoms with Crippen molar-refractivity contribution in [3.05, 3.63) is 42.0 Å². The van der Waals surface area contributed by atoms with Crippen LogP contribution in [0.15, 0.2) is 36.4 Å². The van der Waals surface area contributed by atoms with E-state index >= 15 is 0 Å². The van der Waals surface area contributed by atoms with Crippen LogP contribution in [0.2, 0.25) is 0 Å². The molecule has 0 bridgehead atoms. The molecule has 1 unspecified atom stereocenters. The number of ether oxygens (including phenoxy) is 2. The number of amides is 1. The molecule has 1 aliphatic carbocycles. The number of hydrogen-bond acceptors (Lipinski definition) is 4. The lowest BCUT2D eigenvalue weighted by Crippen LogP contribution is -2.46. The molecule has 158 valence electrons. The van der Waals surface area contributed by atoms with Crippen LogP contribution < -0.4 is 10.1 Å². The Morgan fingerprint density at radius 1 is 1.21 bits per heavy atom. The van der Waals surface area contributed by atoms with Crippen molar-refractivity contribution in [1.82, 2.24) is 10.2 Å². The fraction of sp³-hybridized carbons (Fsp3) is 0.522. The number of carbonyl (C=O) groups is 1. The van der Waals surface area contributed by atoms with E-state index in [1.807, 2.05) is 12.1 Å². The van der Waals surface area contributed by atoms with Crippen LogP contribution in [0, 0.1) is 0 Å². The van der Waals surface area contributed by atoms with Crippen LogP contribution in [-0.2, 0) is 16.1 Å². The molecule has 1 atom stereocenters. The van der Waals surface area contributed by atoms with Gasteiger partial charge in [0.25, 0.3) is 0 Å². The fourth-order valence-corrected chi connectivity index (χ4v) is 4.56. The molecule has 6 heteroatoms. The number of methoxy groups -OCH3 is 1. The van der Waals surface area contributed by atoms with Gasteiger partial charge in [-0.05, 0) is 29.7 Å².